The summed E-state index contributed by atoms with van der Waals surface area (Å²) < 4.78 is 41.6. The summed E-state index contributed by atoms with van der Waals surface area (Å²) in [5.74, 6) is 0.0910. The molecule has 49 heavy (non-hydrogen) atoms. The maximum Gasteiger partial charge on any atom is 0.264 e. The van der Waals surface area contributed by atoms with Crippen molar-refractivity contribution in [1.29, 1.82) is 0 Å². The number of hydrogen-bond donors (Lipinski definition) is 2. The molecule has 11 heteroatoms. The van der Waals surface area contributed by atoms with Gasteiger partial charge in [-0.1, -0.05) is 36.7 Å². The molecule has 2 aliphatic carbocycles. The molecule has 1 fully saturated rings. The number of amides is 1. The number of fused-ring (bicyclic) bond motifs is 4. The summed E-state index contributed by atoms with van der Waals surface area (Å²) in [5, 5.41) is 12.6. The molecule has 4 aliphatic rings. The van der Waals surface area contributed by atoms with E-state index >= 15 is 0 Å². The Bertz CT molecular complexity index is 1900. The third kappa shape index (κ3) is 6.10. The van der Waals surface area contributed by atoms with Crippen molar-refractivity contribution in [2.24, 2.45) is 17.8 Å². The zero-order chi connectivity index (χ0) is 34.6. The number of sulfonamides is 1. The summed E-state index contributed by atoms with van der Waals surface area (Å²) in [5.41, 5.74) is 2.27. The van der Waals surface area contributed by atoms with Crippen LogP contribution in [-0.2, 0) is 27.5 Å². The molecule has 2 N–H and O–H groups in total. The van der Waals surface area contributed by atoms with Crippen LogP contribution in [0.1, 0.15) is 73.0 Å². The van der Waals surface area contributed by atoms with Gasteiger partial charge in [-0.25, -0.2) is 13.1 Å². The summed E-state index contributed by atoms with van der Waals surface area (Å²) in [6, 6.07) is 13.1. The van der Waals surface area contributed by atoms with Gasteiger partial charge in [0.2, 0.25) is 10.0 Å². The number of nitrogens with one attached hydrogen (secondary N) is 1. The Morgan fingerprint density at radius 1 is 1.12 bits per heavy atom. The van der Waals surface area contributed by atoms with E-state index in [0.29, 0.717) is 48.2 Å². The van der Waals surface area contributed by atoms with Gasteiger partial charge in [0, 0.05) is 53.0 Å². The third-order valence-corrected chi connectivity index (χ3v) is 13.7. The fraction of sp³-hybridized carbons (Fsp3) is 0.474. The van der Waals surface area contributed by atoms with E-state index in [1.54, 1.807) is 50.7 Å². The monoisotopic (exact) mass is 705 g/mol. The second-order valence-corrected chi connectivity index (χ2v) is 16.9. The Labute approximate surface area is 293 Å². The summed E-state index contributed by atoms with van der Waals surface area (Å²) in [4.78, 5) is 20.2. The minimum absolute atomic E-state index is 0.0814. The second kappa shape index (κ2) is 12.9. The van der Waals surface area contributed by atoms with E-state index < -0.39 is 26.8 Å². The Morgan fingerprint density at radius 3 is 2.73 bits per heavy atom. The number of ether oxygens (including phenoxy) is 2. The van der Waals surface area contributed by atoms with Crippen LogP contribution in [0.4, 0.5) is 5.69 Å². The first-order valence-electron chi connectivity index (χ1n) is 17.2. The van der Waals surface area contributed by atoms with Crippen LogP contribution in [0.15, 0.2) is 67.0 Å². The number of benzene rings is 2. The molecule has 0 radical (unpaired) electrons. The highest BCUT2D eigenvalue weighted by Crippen LogP contribution is 2.52. The van der Waals surface area contributed by atoms with Crippen LogP contribution in [0.25, 0.3) is 0 Å². The summed E-state index contributed by atoms with van der Waals surface area (Å²) in [6.07, 6.45) is 11.9. The van der Waals surface area contributed by atoms with Crippen molar-refractivity contribution in [3.8, 4) is 11.5 Å². The molecular formula is C38H44ClN3O6S. The minimum Gasteiger partial charge on any atom is -0.496 e. The molecule has 3 aromatic rings. The van der Waals surface area contributed by atoms with Crippen LogP contribution in [0, 0.1) is 17.8 Å². The number of aryl methyl sites for hydroxylation is 1. The van der Waals surface area contributed by atoms with Crippen molar-refractivity contribution in [2.75, 3.05) is 31.7 Å². The lowest BCUT2D eigenvalue weighted by molar-refractivity contribution is -0.0515. The average Bonchev–Trinajstić information content (AvgIpc) is 3.22. The first-order valence-corrected chi connectivity index (χ1v) is 19.1. The molecule has 6 atom stereocenters. The van der Waals surface area contributed by atoms with Gasteiger partial charge in [-0.15, -0.1) is 0 Å². The third-order valence-electron chi connectivity index (χ3n) is 11.6. The molecule has 7 rings (SSSR count). The number of methoxy groups -OCH3 is 1. The first kappa shape index (κ1) is 33.9. The maximum atomic E-state index is 13.5. The highest BCUT2D eigenvalue weighted by molar-refractivity contribution is 7.90. The van der Waals surface area contributed by atoms with Crippen molar-refractivity contribution in [3.63, 3.8) is 0 Å². The number of aromatic nitrogens is 1. The van der Waals surface area contributed by atoms with Crippen LogP contribution >= 0.6 is 11.6 Å². The molecule has 260 valence electrons. The second-order valence-electron chi connectivity index (χ2n) is 14.4. The van der Waals surface area contributed by atoms with E-state index in [0.717, 1.165) is 37.8 Å². The number of anilines is 1. The topological polar surface area (TPSA) is 118 Å². The zero-order valence-corrected chi connectivity index (χ0v) is 29.8. The standard InChI is InChI=1S/C38H44ClN3O6S/c1-24-6-4-16-38(44,32-20-40-17-14-34(32)47-3)31-11-8-28(31)21-42-22-37(15-5-7-26-18-29(39)10-12-30(26)37)23-48-35-13-9-27(19-33(35)42)36(43)41-49(45,46)25(24)2/h4,9-10,12-14,16-20,24-25,28,31,44H,5-8,11,15,21-23H2,1-3H3,(H,41,43)/b16-4-/t24-,25+,28-,31+,37-,38-/m0/s1. The smallest absolute Gasteiger partial charge is 0.264 e. The largest absolute Gasteiger partial charge is 0.496 e. The fourth-order valence-electron chi connectivity index (χ4n) is 8.42. The Morgan fingerprint density at radius 2 is 1.96 bits per heavy atom. The molecule has 2 aromatic carbocycles. The first-order chi connectivity index (χ1) is 23.4. The van der Waals surface area contributed by atoms with E-state index in [1.165, 1.54) is 11.1 Å². The highest BCUT2D eigenvalue weighted by Gasteiger charge is 2.50. The minimum atomic E-state index is -4.02. The van der Waals surface area contributed by atoms with Gasteiger partial charge in [0.15, 0.2) is 0 Å². The van der Waals surface area contributed by atoms with Gasteiger partial charge in [-0.2, -0.15) is 0 Å². The molecule has 2 bridgehead atoms. The number of halogens is 1. The quantitative estimate of drug-likeness (QED) is 0.304. The van der Waals surface area contributed by atoms with E-state index in [4.69, 9.17) is 21.1 Å². The number of rotatable bonds is 2. The van der Waals surface area contributed by atoms with Gasteiger partial charge in [0.05, 0.1) is 24.7 Å². The van der Waals surface area contributed by atoms with Gasteiger partial charge in [0.1, 0.15) is 17.1 Å². The van der Waals surface area contributed by atoms with Gasteiger partial charge in [0.25, 0.3) is 5.91 Å². The predicted molar refractivity (Wildman–Crippen MR) is 190 cm³/mol. The van der Waals surface area contributed by atoms with Crippen molar-refractivity contribution in [2.45, 2.75) is 68.6 Å². The number of allylic oxidation sites excluding steroid dienone is 1. The van der Waals surface area contributed by atoms with Crippen LogP contribution in [0.5, 0.6) is 11.5 Å². The molecule has 1 amide bonds. The van der Waals surface area contributed by atoms with Gasteiger partial charge < -0.3 is 19.5 Å². The number of pyridine rings is 1. The number of hydrogen-bond acceptors (Lipinski definition) is 8. The molecule has 9 nitrogen and oxygen atoms in total. The van der Waals surface area contributed by atoms with Crippen molar-refractivity contribution < 1.29 is 27.8 Å². The van der Waals surface area contributed by atoms with Gasteiger partial charge in [-0.3, -0.25) is 9.78 Å². The molecule has 3 heterocycles. The Hall–Kier alpha value is -3.60. The summed E-state index contributed by atoms with van der Waals surface area (Å²) in [7, 11) is -2.43. The fourth-order valence-corrected chi connectivity index (χ4v) is 9.90. The molecular weight excluding hydrogens is 662 g/mol. The van der Waals surface area contributed by atoms with Crippen molar-refractivity contribution in [1.82, 2.24) is 9.71 Å². The normalized spacial score (nSPS) is 31.6. The summed E-state index contributed by atoms with van der Waals surface area (Å²) in [6.45, 7) is 5.12. The number of nitrogens with zero attached hydrogens (tertiary/aromatic N) is 2. The molecule has 1 spiro atoms. The number of aliphatic hydroxyl groups is 1. The highest BCUT2D eigenvalue weighted by atomic mass is 35.5. The lowest BCUT2D eigenvalue weighted by atomic mass is 9.62. The van der Waals surface area contributed by atoms with Crippen LogP contribution in [0.2, 0.25) is 5.02 Å². The van der Waals surface area contributed by atoms with E-state index in [-0.39, 0.29) is 28.7 Å². The van der Waals surface area contributed by atoms with Crippen LogP contribution < -0.4 is 19.1 Å². The van der Waals surface area contributed by atoms with E-state index in [9.17, 15) is 18.3 Å². The molecule has 2 aliphatic heterocycles. The van der Waals surface area contributed by atoms with Crippen molar-refractivity contribution in [3.05, 3.63) is 94.3 Å². The van der Waals surface area contributed by atoms with Crippen molar-refractivity contribution >= 4 is 33.2 Å². The Kier molecular flexibility index (Phi) is 8.94. The van der Waals surface area contributed by atoms with E-state index in [2.05, 4.69) is 26.7 Å². The molecule has 0 saturated heterocycles. The van der Waals surface area contributed by atoms with Gasteiger partial charge in [-0.05, 0) is 105 Å². The molecule has 0 unspecified atom stereocenters. The van der Waals surface area contributed by atoms with Crippen LogP contribution in [0.3, 0.4) is 0 Å². The maximum absolute atomic E-state index is 13.5. The predicted octanol–water partition coefficient (Wildman–Crippen LogP) is 6.17. The molecule has 1 aromatic heterocycles. The lowest BCUT2D eigenvalue weighted by Crippen LogP contribution is -2.51. The lowest BCUT2D eigenvalue weighted by Gasteiger charge is -2.49. The van der Waals surface area contributed by atoms with E-state index in [1.807, 2.05) is 25.1 Å². The summed E-state index contributed by atoms with van der Waals surface area (Å²) >= 11 is 6.45. The average molecular weight is 706 g/mol. The zero-order valence-electron chi connectivity index (χ0n) is 28.2. The SMILES string of the molecule is COc1ccncc1[C@]1(O)/C=C\C[C@H](C)[C@@H](C)S(=O)(=O)NC(=O)c2ccc3c(c2)N(C[C@@H]2CC[C@H]21)C[C@@]1(CCCc2cc(Cl)ccc21)CO3. The number of carbonyl (C=O) groups is 1. The van der Waals surface area contributed by atoms with Gasteiger partial charge >= 0.3 is 0 Å². The Balaban J connectivity index is 1.36. The molecule has 1 saturated carbocycles. The van der Waals surface area contributed by atoms with Crippen LogP contribution in [-0.4, -0.2) is 56.5 Å². The number of carbonyl (C=O) groups excluding carboxylic acids is 1.